The first kappa shape index (κ1) is 24.3. The Labute approximate surface area is 199 Å². The maximum absolute atomic E-state index is 12.6. The fourth-order valence-corrected chi connectivity index (χ4v) is 3.32. The van der Waals surface area contributed by atoms with Gasteiger partial charge in [0, 0.05) is 11.4 Å². The highest BCUT2D eigenvalue weighted by Crippen LogP contribution is 2.20. The Balaban J connectivity index is 1.64. The second-order valence-electron chi connectivity index (χ2n) is 8.15. The van der Waals surface area contributed by atoms with Gasteiger partial charge in [-0.2, -0.15) is 5.26 Å². The molecule has 0 spiro atoms. The zero-order valence-corrected chi connectivity index (χ0v) is 19.7. The maximum atomic E-state index is 12.6. The highest BCUT2D eigenvalue weighted by molar-refractivity contribution is 6.10. The van der Waals surface area contributed by atoms with Crippen molar-refractivity contribution < 1.29 is 14.3 Å². The predicted molar refractivity (Wildman–Crippen MR) is 135 cm³/mol. The Kier molecular flexibility index (Phi) is 7.83. The molecule has 0 saturated carbocycles. The van der Waals surface area contributed by atoms with Gasteiger partial charge in [0.15, 0.2) is 6.61 Å². The number of hydrogen-bond acceptors (Lipinski definition) is 4. The lowest BCUT2D eigenvalue weighted by atomic mass is 10.1. The summed E-state index contributed by atoms with van der Waals surface area (Å²) in [6.07, 6.45) is 1.49. The van der Waals surface area contributed by atoms with E-state index in [1.54, 1.807) is 24.3 Å². The molecule has 3 rings (SSSR count). The molecule has 0 saturated heterocycles. The lowest BCUT2D eigenvalue weighted by Crippen LogP contribution is -2.20. The number of rotatable bonds is 7. The van der Waals surface area contributed by atoms with Gasteiger partial charge < -0.3 is 15.4 Å². The molecular weight excluding hydrogens is 426 g/mol. The first-order chi connectivity index (χ1) is 16.2. The van der Waals surface area contributed by atoms with E-state index in [1.165, 1.54) is 6.08 Å². The SMILES string of the molecule is Cc1ccc(NC(=O)/C(C#N)=C\c2cccc(OCC(=O)Nc3ccc(C)c(C)c3)c2)c(C)c1. The summed E-state index contributed by atoms with van der Waals surface area (Å²) >= 11 is 0. The van der Waals surface area contributed by atoms with Gasteiger partial charge in [0.2, 0.25) is 0 Å². The Morgan fingerprint density at radius 3 is 2.41 bits per heavy atom. The molecule has 34 heavy (non-hydrogen) atoms. The molecule has 0 unspecified atom stereocenters. The van der Waals surface area contributed by atoms with Crippen molar-refractivity contribution >= 4 is 29.3 Å². The molecule has 0 radical (unpaired) electrons. The quantitative estimate of drug-likeness (QED) is 0.366. The fourth-order valence-electron chi connectivity index (χ4n) is 3.32. The molecular formula is C28H27N3O3. The normalized spacial score (nSPS) is 10.9. The van der Waals surface area contributed by atoms with Crippen LogP contribution in [0, 0.1) is 39.0 Å². The minimum atomic E-state index is -0.492. The standard InChI is InChI=1S/C28H27N3O3/c1-18-8-11-26(21(4)12-18)31-28(33)23(16-29)14-22-6-5-7-25(15-22)34-17-27(32)30-24-10-9-19(2)20(3)13-24/h5-15H,17H2,1-4H3,(H,30,32)(H,31,33)/b23-14-. The molecule has 0 aliphatic heterocycles. The van der Waals surface area contributed by atoms with E-state index in [-0.39, 0.29) is 18.1 Å². The second kappa shape index (κ2) is 11.0. The summed E-state index contributed by atoms with van der Waals surface area (Å²) < 4.78 is 5.61. The van der Waals surface area contributed by atoms with E-state index < -0.39 is 5.91 Å². The molecule has 0 aromatic heterocycles. The summed E-state index contributed by atoms with van der Waals surface area (Å²) in [6.45, 7) is 7.70. The molecule has 0 fully saturated rings. The number of nitrogens with one attached hydrogen (secondary N) is 2. The summed E-state index contributed by atoms with van der Waals surface area (Å²) in [5, 5.41) is 15.1. The number of benzene rings is 3. The number of carbonyl (C=O) groups excluding carboxylic acids is 2. The van der Waals surface area contributed by atoms with Gasteiger partial charge in [-0.1, -0.05) is 35.9 Å². The van der Waals surface area contributed by atoms with Gasteiger partial charge >= 0.3 is 0 Å². The summed E-state index contributed by atoms with van der Waals surface area (Å²) in [4.78, 5) is 24.9. The molecule has 0 atom stereocenters. The Bertz CT molecular complexity index is 1300. The van der Waals surface area contributed by atoms with Gasteiger partial charge in [-0.25, -0.2) is 0 Å². The number of nitriles is 1. The van der Waals surface area contributed by atoms with Crippen LogP contribution in [0.3, 0.4) is 0 Å². The highest BCUT2D eigenvalue weighted by atomic mass is 16.5. The number of amides is 2. The van der Waals surface area contributed by atoms with E-state index in [2.05, 4.69) is 10.6 Å². The summed E-state index contributed by atoms with van der Waals surface area (Å²) in [7, 11) is 0. The van der Waals surface area contributed by atoms with E-state index in [0.29, 0.717) is 22.7 Å². The van der Waals surface area contributed by atoms with Crippen molar-refractivity contribution in [2.45, 2.75) is 27.7 Å². The van der Waals surface area contributed by atoms with Crippen LogP contribution >= 0.6 is 0 Å². The van der Waals surface area contributed by atoms with Crippen LogP contribution in [0.1, 0.15) is 27.8 Å². The number of ether oxygens (including phenoxy) is 1. The Morgan fingerprint density at radius 1 is 0.912 bits per heavy atom. The van der Waals surface area contributed by atoms with Crippen LogP contribution in [0.15, 0.2) is 66.2 Å². The van der Waals surface area contributed by atoms with Crippen LogP contribution < -0.4 is 15.4 Å². The van der Waals surface area contributed by atoms with Gasteiger partial charge in [0.05, 0.1) is 0 Å². The summed E-state index contributed by atoms with van der Waals surface area (Å²) in [6, 6.07) is 20.2. The topological polar surface area (TPSA) is 91.2 Å². The Hall–Kier alpha value is -4.37. The number of hydrogen-bond donors (Lipinski definition) is 2. The van der Waals surface area contributed by atoms with E-state index in [0.717, 1.165) is 22.3 Å². The molecule has 2 amide bonds. The largest absolute Gasteiger partial charge is 0.484 e. The van der Waals surface area contributed by atoms with E-state index in [9.17, 15) is 14.9 Å². The molecule has 6 heteroatoms. The van der Waals surface area contributed by atoms with Crippen LogP contribution in [0.4, 0.5) is 11.4 Å². The smallest absolute Gasteiger partial charge is 0.266 e. The lowest BCUT2D eigenvalue weighted by molar-refractivity contribution is -0.118. The first-order valence-corrected chi connectivity index (χ1v) is 10.9. The molecule has 0 heterocycles. The average molecular weight is 454 g/mol. The van der Waals surface area contributed by atoms with E-state index in [1.807, 2.05) is 70.2 Å². The predicted octanol–water partition coefficient (Wildman–Crippen LogP) is 5.48. The van der Waals surface area contributed by atoms with Crippen molar-refractivity contribution in [2.75, 3.05) is 17.2 Å². The number of anilines is 2. The molecule has 0 aliphatic rings. The van der Waals surface area contributed by atoms with Crippen molar-refractivity contribution in [2.24, 2.45) is 0 Å². The van der Waals surface area contributed by atoms with Crippen LogP contribution in [0.2, 0.25) is 0 Å². The minimum absolute atomic E-state index is 0.0374. The molecule has 172 valence electrons. The molecule has 6 nitrogen and oxygen atoms in total. The van der Waals surface area contributed by atoms with E-state index >= 15 is 0 Å². The highest BCUT2D eigenvalue weighted by Gasteiger charge is 2.11. The monoisotopic (exact) mass is 453 g/mol. The van der Waals surface area contributed by atoms with Crippen molar-refractivity contribution in [1.29, 1.82) is 5.26 Å². The zero-order chi connectivity index (χ0) is 24.7. The summed E-state index contributed by atoms with van der Waals surface area (Å²) in [5.41, 5.74) is 6.19. The molecule has 0 bridgehead atoms. The van der Waals surface area contributed by atoms with Crippen molar-refractivity contribution in [3.05, 3.63) is 94.1 Å². The molecule has 2 N–H and O–H groups in total. The van der Waals surface area contributed by atoms with Gasteiger partial charge in [0.1, 0.15) is 17.4 Å². The number of nitrogens with zero attached hydrogens (tertiary/aromatic N) is 1. The molecule has 3 aromatic carbocycles. The lowest BCUT2D eigenvalue weighted by Gasteiger charge is -2.10. The fraction of sp³-hybridized carbons (Fsp3) is 0.179. The maximum Gasteiger partial charge on any atom is 0.266 e. The third-order valence-corrected chi connectivity index (χ3v) is 5.32. The van der Waals surface area contributed by atoms with Crippen molar-refractivity contribution in [3.63, 3.8) is 0 Å². The number of carbonyl (C=O) groups is 2. The average Bonchev–Trinajstić information content (AvgIpc) is 2.80. The van der Waals surface area contributed by atoms with Crippen LogP contribution in [0.25, 0.3) is 6.08 Å². The van der Waals surface area contributed by atoms with Crippen molar-refractivity contribution in [3.8, 4) is 11.8 Å². The minimum Gasteiger partial charge on any atom is -0.484 e. The Morgan fingerprint density at radius 2 is 1.71 bits per heavy atom. The van der Waals surface area contributed by atoms with Gasteiger partial charge in [-0.3, -0.25) is 9.59 Å². The second-order valence-corrected chi connectivity index (χ2v) is 8.15. The third kappa shape index (κ3) is 6.57. The zero-order valence-electron chi connectivity index (χ0n) is 19.7. The van der Waals surface area contributed by atoms with Crippen molar-refractivity contribution in [1.82, 2.24) is 0 Å². The van der Waals surface area contributed by atoms with E-state index in [4.69, 9.17) is 4.74 Å². The van der Waals surface area contributed by atoms with Crippen LogP contribution in [-0.2, 0) is 9.59 Å². The first-order valence-electron chi connectivity index (χ1n) is 10.9. The van der Waals surface area contributed by atoms with Crippen LogP contribution in [0.5, 0.6) is 5.75 Å². The van der Waals surface area contributed by atoms with Gasteiger partial charge in [-0.05, 0) is 86.4 Å². The number of aryl methyl sites for hydroxylation is 4. The van der Waals surface area contributed by atoms with Gasteiger partial charge in [0.25, 0.3) is 11.8 Å². The third-order valence-electron chi connectivity index (χ3n) is 5.32. The molecule has 3 aromatic rings. The summed E-state index contributed by atoms with van der Waals surface area (Å²) in [5.74, 6) is -0.320. The van der Waals surface area contributed by atoms with Crippen LogP contribution in [-0.4, -0.2) is 18.4 Å². The van der Waals surface area contributed by atoms with Gasteiger partial charge in [-0.15, -0.1) is 0 Å². The molecule has 0 aliphatic carbocycles.